The number of ketones is 1. The van der Waals surface area contributed by atoms with Crippen molar-refractivity contribution in [1.29, 1.82) is 0 Å². The predicted molar refractivity (Wildman–Crippen MR) is 87.8 cm³/mol. The average Bonchev–Trinajstić information content (AvgIpc) is 2.90. The van der Waals surface area contributed by atoms with Crippen molar-refractivity contribution in [3.63, 3.8) is 0 Å². The standard InChI is InChI=1S/C16H17ClN2OS/c1-11-5-7-12(8-6-11)15(20)14-13(17)16(21-18-14)19-9-3-2-4-10-19/h5-8H,2-4,9-10H2,1H3. The number of aryl methyl sites for hydroxylation is 1. The molecule has 1 fully saturated rings. The van der Waals surface area contributed by atoms with Crippen LogP contribution in [0.15, 0.2) is 24.3 Å². The lowest BCUT2D eigenvalue weighted by Crippen LogP contribution is -2.28. The fourth-order valence-corrected chi connectivity index (χ4v) is 3.77. The highest BCUT2D eigenvalue weighted by atomic mass is 35.5. The second-order valence-corrected chi connectivity index (χ2v) is 6.52. The molecule has 0 atom stereocenters. The molecule has 0 unspecified atom stereocenters. The first kappa shape index (κ1) is 14.5. The first-order valence-corrected chi connectivity index (χ1v) is 8.33. The normalized spacial score (nSPS) is 15.2. The van der Waals surface area contributed by atoms with E-state index in [9.17, 15) is 4.79 Å². The molecule has 0 saturated carbocycles. The highest BCUT2D eigenvalue weighted by Gasteiger charge is 2.23. The lowest BCUT2D eigenvalue weighted by molar-refractivity contribution is 0.103. The van der Waals surface area contributed by atoms with Gasteiger partial charge in [-0.2, -0.15) is 4.37 Å². The maximum absolute atomic E-state index is 12.5. The van der Waals surface area contributed by atoms with E-state index in [1.807, 2.05) is 31.2 Å². The van der Waals surface area contributed by atoms with Gasteiger partial charge in [-0.25, -0.2) is 0 Å². The Hall–Kier alpha value is -1.39. The van der Waals surface area contributed by atoms with Gasteiger partial charge < -0.3 is 4.90 Å². The largest absolute Gasteiger partial charge is 0.361 e. The van der Waals surface area contributed by atoms with Crippen molar-refractivity contribution in [3.05, 3.63) is 46.1 Å². The Bertz CT molecular complexity index is 645. The maximum Gasteiger partial charge on any atom is 0.214 e. The number of halogens is 1. The summed E-state index contributed by atoms with van der Waals surface area (Å²) in [6.07, 6.45) is 3.62. The van der Waals surface area contributed by atoms with E-state index in [0.29, 0.717) is 16.3 Å². The molecule has 1 saturated heterocycles. The zero-order chi connectivity index (χ0) is 14.8. The van der Waals surface area contributed by atoms with Gasteiger partial charge in [-0.05, 0) is 37.7 Å². The van der Waals surface area contributed by atoms with Crippen molar-refractivity contribution in [1.82, 2.24) is 4.37 Å². The Balaban J connectivity index is 1.87. The summed E-state index contributed by atoms with van der Waals surface area (Å²) in [6.45, 7) is 4.00. The molecular formula is C16H17ClN2OS. The number of nitrogens with zero attached hydrogens (tertiary/aromatic N) is 2. The summed E-state index contributed by atoms with van der Waals surface area (Å²) >= 11 is 7.75. The van der Waals surface area contributed by atoms with Crippen molar-refractivity contribution in [3.8, 4) is 0 Å². The van der Waals surface area contributed by atoms with E-state index in [-0.39, 0.29) is 5.78 Å². The van der Waals surface area contributed by atoms with Crippen LogP contribution in [0.2, 0.25) is 5.02 Å². The quantitative estimate of drug-likeness (QED) is 0.789. The topological polar surface area (TPSA) is 33.2 Å². The zero-order valence-corrected chi connectivity index (χ0v) is 13.5. The molecule has 5 heteroatoms. The molecule has 0 radical (unpaired) electrons. The van der Waals surface area contributed by atoms with E-state index in [4.69, 9.17) is 11.6 Å². The molecule has 3 nitrogen and oxygen atoms in total. The van der Waals surface area contributed by atoms with Gasteiger partial charge in [0.2, 0.25) is 5.78 Å². The molecule has 1 aromatic carbocycles. The van der Waals surface area contributed by atoms with Crippen LogP contribution in [0.4, 0.5) is 5.00 Å². The molecule has 2 heterocycles. The number of aromatic nitrogens is 1. The number of hydrogen-bond acceptors (Lipinski definition) is 4. The van der Waals surface area contributed by atoms with Gasteiger partial charge >= 0.3 is 0 Å². The first-order chi connectivity index (χ1) is 10.2. The average molecular weight is 321 g/mol. The Morgan fingerprint density at radius 3 is 2.52 bits per heavy atom. The Morgan fingerprint density at radius 2 is 1.86 bits per heavy atom. The van der Waals surface area contributed by atoms with Gasteiger partial charge in [0.1, 0.15) is 15.7 Å². The number of piperidine rings is 1. The lowest BCUT2D eigenvalue weighted by Gasteiger charge is -2.27. The smallest absolute Gasteiger partial charge is 0.214 e. The molecule has 3 rings (SSSR count). The number of carbonyl (C=O) groups is 1. The van der Waals surface area contributed by atoms with Crippen LogP contribution in [-0.2, 0) is 0 Å². The minimum Gasteiger partial charge on any atom is -0.361 e. The molecule has 2 aromatic rings. The molecular weight excluding hydrogens is 304 g/mol. The van der Waals surface area contributed by atoms with E-state index in [0.717, 1.165) is 23.7 Å². The van der Waals surface area contributed by atoms with Crippen LogP contribution in [0.5, 0.6) is 0 Å². The minimum absolute atomic E-state index is 0.0977. The zero-order valence-electron chi connectivity index (χ0n) is 11.9. The number of rotatable bonds is 3. The summed E-state index contributed by atoms with van der Waals surface area (Å²) in [6, 6.07) is 7.51. The highest BCUT2D eigenvalue weighted by molar-refractivity contribution is 7.11. The van der Waals surface area contributed by atoms with Crippen LogP contribution >= 0.6 is 23.1 Å². The molecule has 0 bridgehead atoms. The van der Waals surface area contributed by atoms with Gasteiger partial charge in [-0.15, -0.1) is 0 Å². The third-order valence-corrected chi connectivity index (χ3v) is 5.17. The van der Waals surface area contributed by atoms with Crippen molar-refractivity contribution in [2.75, 3.05) is 18.0 Å². The second-order valence-electron chi connectivity index (χ2n) is 5.39. The summed E-state index contributed by atoms with van der Waals surface area (Å²) in [4.78, 5) is 14.8. The number of benzene rings is 1. The molecule has 0 N–H and O–H groups in total. The summed E-state index contributed by atoms with van der Waals surface area (Å²) in [5, 5.41) is 1.44. The van der Waals surface area contributed by atoms with E-state index >= 15 is 0 Å². The number of carbonyl (C=O) groups excluding carboxylic acids is 1. The fraction of sp³-hybridized carbons (Fsp3) is 0.375. The molecule has 110 valence electrons. The number of anilines is 1. The van der Waals surface area contributed by atoms with Crippen molar-refractivity contribution in [2.24, 2.45) is 0 Å². The maximum atomic E-state index is 12.5. The third-order valence-electron chi connectivity index (χ3n) is 3.79. The van der Waals surface area contributed by atoms with Gasteiger partial charge in [0, 0.05) is 18.7 Å². The Kier molecular flexibility index (Phi) is 4.27. The van der Waals surface area contributed by atoms with E-state index in [1.165, 1.54) is 30.8 Å². The van der Waals surface area contributed by atoms with Gasteiger partial charge in [0.05, 0.1) is 0 Å². The van der Waals surface area contributed by atoms with Crippen LogP contribution in [0.25, 0.3) is 0 Å². The minimum atomic E-state index is -0.0977. The Morgan fingerprint density at radius 1 is 1.19 bits per heavy atom. The van der Waals surface area contributed by atoms with E-state index in [2.05, 4.69) is 9.27 Å². The Labute approximate surface area is 133 Å². The van der Waals surface area contributed by atoms with E-state index < -0.39 is 0 Å². The molecule has 0 aliphatic carbocycles. The SMILES string of the molecule is Cc1ccc(C(=O)c2nsc(N3CCCCC3)c2Cl)cc1. The van der Waals surface area contributed by atoms with Gasteiger partial charge in [0.15, 0.2) is 0 Å². The fourth-order valence-electron chi connectivity index (χ4n) is 2.55. The first-order valence-electron chi connectivity index (χ1n) is 7.18. The van der Waals surface area contributed by atoms with Crippen molar-refractivity contribution >= 4 is 33.9 Å². The van der Waals surface area contributed by atoms with E-state index in [1.54, 1.807) is 0 Å². The van der Waals surface area contributed by atoms with Crippen LogP contribution in [0, 0.1) is 6.92 Å². The third kappa shape index (κ3) is 2.97. The van der Waals surface area contributed by atoms with Crippen LogP contribution in [-0.4, -0.2) is 23.2 Å². The summed E-state index contributed by atoms with van der Waals surface area (Å²) < 4.78 is 4.31. The molecule has 1 aliphatic heterocycles. The van der Waals surface area contributed by atoms with Gasteiger partial charge in [0.25, 0.3) is 0 Å². The molecule has 1 aliphatic rings. The highest BCUT2D eigenvalue weighted by Crippen LogP contribution is 2.36. The predicted octanol–water partition coefficient (Wildman–Crippen LogP) is 4.33. The van der Waals surface area contributed by atoms with Crippen molar-refractivity contribution < 1.29 is 4.79 Å². The molecule has 1 aromatic heterocycles. The second kappa shape index (κ2) is 6.16. The number of hydrogen-bond donors (Lipinski definition) is 0. The summed E-state index contributed by atoms with van der Waals surface area (Å²) in [5.74, 6) is -0.0977. The van der Waals surface area contributed by atoms with Crippen LogP contribution in [0.3, 0.4) is 0 Å². The molecule has 0 amide bonds. The van der Waals surface area contributed by atoms with Crippen LogP contribution in [0.1, 0.15) is 40.9 Å². The lowest BCUT2D eigenvalue weighted by atomic mass is 10.1. The van der Waals surface area contributed by atoms with Crippen LogP contribution < -0.4 is 4.90 Å². The molecule has 21 heavy (non-hydrogen) atoms. The molecule has 0 spiro atoms. The van der Waals surface area contributed by atoms with Gasteiger partial charge in [-0.1, -0.05) is 41.4 Å². The monoisotopic (exact) mass is 320 g/mol. The van der Waals surface area contributed by atoms with Gasteiger partial charge in [-0.3, -0.25) is 4.79 Å². The van der Waals surface area contributed by atoms with Crippen molar-refractivity contribution in [2.45, 2.75) is 26.2 Å². The summed E-state index contributed by atoms with van der Waals surface area (Å²) in [5.41, 5.74) is 2.15. The summed E-state index contributed by atoms with van der Waals surface area (Å²) in [7, 11) is 0.